The monoisotopic (exact) mass is 426 g/mol. The zero-order chi connectivity index (χ0) is 21.2. The Balaban J connectivity index is 1.83. The summed E-state index contributed by atoms with van der Waals surface area (Å²) in [6.45, 7) is -0.0249. The topological polar surface area (TPSA) is 107 Å². The number of aromatic nitrogens is 2. The number of alkyl halides is 2. The molecule has 2 aromatic carbocycles. The van der Waals surface area contributed by atoms with Gasteiger partial charge >= 0.3 is 5.76 Å². The third-order valence-corrected chi connectivity index (χ3v) is 5.39. The highest BCUT2D eigenvalue weighted by Gasteiger charge is 2.29. The van der Waals surface area contributed by atoms with E-state index in [4.69, 9.17) is 0 Å². The van der Waals surface area contributed by atoms with Gasteiger partial charge < -0.3 is 9.88 Å². The minimum absolute atomic E-state index is 0.0249. The van der Waals surface area contributed by atoms with E-state index in [0.717, 1.165) is 12.1 Å². The first-order chi connectivity index (χ1) is 13.7. The van der Waals surface area contributed by atoms with Crippen LogP contribution < -0.4 is 5.32 Å². The van der Waals surface area contributed by atoms with Gasteiger partial charge in [0.15, 0.2) is 0 Å². The van der Waals surface area contributed by atoms with Crippen molar-refractivity contribution >= 4 is 21.2 Å². The Morgan fingerprint density at radius 3 is 2.55 bits per heavy atom. The Hall–Kier alpha value is -3.41. The minimum Gasteiger partial charge on any atom is -0.375 e. The van der Waals surface area contributed by atoms with E-state index in [1.54, 1.807) is 12.3 Å². The number of nitrogens with zero attached hydrogens (tertiary/aromatic N) is 3. The highest BCUT2D eigenvalue weighted by molar-refractivity contribution is 7.91. The molecule has 0 spiro atoms. The van der Waals surface area contributed by atoms with Crippen LogP contribution in [0, 0.1) is 15.9 Å². The van der Waals surface area contributed by atoms with Gasteiger partial charge in [-0.3, -0.25) is 10.1 Å². The average Bonchev–Trinajstić information content (AvgIpc) is 3.20. The summed E-state index contributed by atoms with van der Waals surface area (Å²) in [6.07, 6.45) is 4.48. The number of imidazole rings is 1. The second kappa shape index (κ2) is 7.91. The quantitative estimate of drug-likeness (QED) is 0.458. The number of sulfone groups is 1. The molecule has 29 heavy (non-hydrogen) atoms. The Morgan fingerprint density at radius 2 is 1.97 bits per heavy atom. The third-order valence-electron chi connectivity index (χ3n) is 4.01. The fourth-order valence-electron chi connectivity index (χ4n) is 2.56. The van der Waals surface area contributed by atoms with Gasteiger partial charge in [0.05, 0.1) is 21.8 Å². The first kappa shape index (κ1) is 20.3. The van der Waals surface area contributed by atoms with Gasteiger partial charge in [0.2, 0.25) is 9.84 Å². The molecule has 0 unspecified atom stereocenters. The number of halogens is 3. The highest BCUT2D eigenvalue weighted by Crippen LogP contribution is 2.30. The molecule has 0 aliphatic heterocycles. The van der Waals surface area contributed by atoms with Gasteiger partial charge in [0, 0.05) is 25.0 Å². The molecular formula is C17H13F3N4O4S. The fraction of sp³-hybridized carbons (Fsp3) is 0.118. The van der Waals surface area contributed by atoms with Crippen LogP contribution in [0.2, 0.25) is 0 Å². The Bertz CT molecular complexity index is 1150. The van der Waals surface area contributed by atoms with Gasteiger partial charge in [0.1, 0.15) is 11.5 Å². The molecule has 0 fully saturated rings. The van der Waals surface area contributed by atoms with Crippen molar-refractivity contribution < 1.29 is 26.5 Å². The molecule has 12 heteroatoms. The molecule has 152 valence electrons. The zero-order valence-electron chi connectivity index (χ0n) is 14.5. The maximum absolute atomic E-state index is 14.3. The van der Waals surface area contributed by atoms with Crippen LogP contribution in [0.25, 0.3) is 5.69 Å². The predicted molar refractivity (Wildman–Crippen MR) is 97.1 cm³/mol. The van der Waals surface area contributed by atoms with Crippen molar-refractivity contribution in [1.29, 1.82) is 0 Å². The summed E-state index contributed by atoms with van der Waals surface area (Å²) in [5.41, 5.74) is -0.0757. The number of hydrogen-bond donors (Lipinski definition) is 1. The van der Waals surface area contributed by atoms with E-state index in [9.17, 15) is 31.7 Å². The largest absolute Gasteiger partial charge is 0.375 e. The third kappa shape index (κ3) is 4.21. The lowest BCUT2D eigenvalue weighted by atomic mass is 10.2. The van der Waals surface area contributed by atoms with E-state index in [2.05, 4.69) is 10.3 Å². The molecule has 1 heterocycles. The second-order valence-electron chi connectivity index (χ2n) is 5.85. The molecule has 3 rings (SSSR count). The van der Waals surface area contributed by atoms with Gasteiger partial charge in [-0.1, -0.05) is 6.07 Å². The van der Waals surface area contributed by atoms with Crippen molar-refractivity contribution in [3.8, 4) is 5.69 Å². The van der Waals surface area contributed by atoms with Crippen LogP contribution in [-0.4, -0.2) is 28.6 Å². The average molecular weight is 426 g/mol. The molecule has 0 bridgehead atoms. The molecule has 0 atom stereocenters. The number of benzene rings is 2. The molecule has 1 N–H and O–H groups in total. The maximum atomic E-state index is 14.3. The van der Waals surface area contributed by atoms with E-state index in [-0.39, 0.29) is 17.9 Å². The number of hydrogen-bond acceptors (Lipinski definition) is 6. The van der Waals surface area contributed by atoms with E-state index in [1.807, 2.05) is 0 Å². The van der Waals surface area contributed by atoms with Gasteiger partial charge in [0.25, 0.3) is 5.69 Å². The Labute approximate surface area is 162 Å². The second-order valence-corrected chi connectivity index (χ2v) is 7.77. The summed E-state index contributed by atoms with van der Waals surface area (Å²) in [5.74, 6) is -4.24. The molecule has 0 saturated heterocycles. The lowest BCUT2D eigenvalue weighted by Crippen LogP contribution is -2.12. The van der Waals surface area contributed by atoms with Crippen LogP contribution >= 0.6 is 0 Å². The summed E-state index contributed by atoms with van der Waals surface area (Å²) >= 11 is 0. The van der Waals surface area contributed by atoms with Crippen LogP contribution in [0.15, 0.2) is 60.0 Å². The van der Waals surface area contributed by atoms with Crippen molar-refractivity contribution in [1.82, 2.24) is 9.55 Å². The number of nitro benzene ring substituents is 1. The summed E-state index contributed by atoms with van der Waals surface area (Å²) in [5, 5.41) is 13.9. The van der Waals surface area contributed by atoms with Crippen molar-refractivity contribution in [3.05, 3.63) is 76.6 Å². The van der Waals surface area contributed by atoms with Crippen molar-refractivity contribution in [2.75, 3.05) is 5.32 Å². The van der Waals surface area contributed by atoms with Crippen LogP contribution in [-0.2, 0) is 16.4 Å². The minimum atomic E-state index is -4.97. The van der Waals surface area contributed by atoms with Gasteiger partial charge in [-0.25, -0.2) is 17.8 Å². The predicted octanol–water partition coefficient (Wildman–Crippen LogP) is 3.53. The molecule has 0 saturated carbocycles. The Kier molecular flexibility index (Phi) is 5.55. The van der Waals surface area contributed by atoms with Crippen LogP contribution in [0.1, 0.15) is 5.56 Å². The lowest BCUT2D eigenvalue weighted by Gasteiger charge is -2.11. The van der Waals surface area contributed by atoms with Crippen molar-refractivity contribution in [2.24, 2.45) is 0 Å². The highest BCUT2D eigenvalue weighted by atomic mass is 32.2. The first-order valence-electron chi connectivity index (χ1n) is 8.01. The SMILES string of the molecule is O=[N+]([O-])c1cc(S(=O)(=O)C(F)F)ccc1NCc1ccc(-n2ccnc2)c(F)c1. The zero-order valence-corrected chi connectivity index (χ0v) is 15.3. The molecule has 0 aliphatic carbocycles. The number of rotatable bonds is 7. The standard InChI is InChI=1S/C17H13F3N4O4S/c18-13-7-11(1-4-15(13)23-6-5-21-10-23)9-22-14-3-2-12(8-16(14)24(25)26)29(27,28)17(19)20/h1-8,10,17,22H,9H2. The Morgan fingerprint density at radius 1 is 1.21 bits per heavy atom. The first-order valence-corrected chi connectivity index (χ1v) is 9.56. The van der Waals surface area contributed by atoms with Crippen molar-refractivity contribution in [3.63, 3.8) is 0 Å². The van der Waals surface area contributed by atoms with E-state index in [0.29, 0.717) is 11.6 Å². The maximum Gasteiger partial charge on any atom is 0.341 e. The van der Waals surface area contributed by atoms with Crippen LogP contribution in [0.4, 0.5) is 24.5 Å². The van der Waals surface area contributed by atoms with Gasteiger partial charge in [-0.15, -0.1) is 0 Å². The number of anilines is 1. The van der Waals surface area contributed by atoms with E-state index >= 15 is 0 Å². The molecule has 0 amide bonds. The van der Waals surface area contributed by atoms with Gasteiger partial charge in [-0.2, -0.15) is 8.78 Å². The summed E-state index contributed by atoms with van der Waals surface area (Å²) in [6, 6.07) is 6.74. The lowest BCUT2D eigenvalue weighted by molar-refractivity contribution is -0.384. The van der Waals surface area contributed by atoms with Crippen LogP contribution in [0.5, 0.6) is 0 Å². The summed E-state index contributed by atoms with van der Waals surface area (Å²) in [7, 11) is -4.97. The molecule has 0 radical (unpaired) electrons. The molecule has 1 aromatic heterocycles. The number of nitrogens with one attached hydrogen (secondary N) is 1. The molecule has 8 nitrogen and oxygen atoms in total. The van der Waals surface area contributed by atoms with Crippen molar-refractivity contribution in [2.45, 2.75) is 17.2 Å². The normalized spacial score (nSPS) is 11.6. The molecular weight excluding hydrogens is 413 g/mol. The van der Waals surface area contributed by atoms with E-state index < -0.39 is 36.9 Å². The van der Waals surface area contributed by atoms with Gasteiger partial charge in [-0.05, 0) is 29.8 Å². The molecule has 0 aliphatic rings. The number of nitro groups is 1. The summed E-state index contributed by atoms with van der Waals surface area (Å²) < 4.78 is 64.1. The summed E-state index contributed by atoms with van der Waals surface area (Å²) in [4.78, 5) is 13.3. The van der Waals surface area contributed by atoms with Crippen LogP contribution in [0.3, 0.4) is 0 Å². The smallest absolute Gasteiger partial charge is 0.341 e. The fourth-order valence-corrected chi connectivity index (χ4v) is 3.30. The van der Waals surface area contributed by atoms with E-state index in [1.165, 1.54) is 29.2 Å². The molecule has 3 aromatic rings.